The molecule has 0 bridgehead atoms. The minimum absolute atomic E-state index is 0.0428. The van der Waals surface area contributed by atoms with Crippen molar-refractivity contribution in [2.45, 2.75) is 77.4 Å². The number of unbranched alkanes of at least 4 members (excludes halogenated alkanes) is 1. The van der Waals surface area contributed by atoms with Crippen LogP contribution in [-0.4, -0.2) is 25.5 Å². The Balaban J connectivity index is 1.69. The van der Waals surface area contributed by atoms with E-state index in [1.54, 1.807) is 7.11 Å². The Morgan fingerprint density at radius 2 is 1.87 bits per heavy atom. The van der Waals surface area contributed by atoms with Crippen molar-refractivity contribution < 1.29 is 9.47 Å². The first kappa shape index (κ1) is 18.4. The van der Waals surface area contributed by atoms with E-state index in [-0.39, 0.29) is 12.3 Å². The largest absolute Gasteiger partial charge is 0.368 e. The molecule has 0 aliphatic carbocycles. The molecule has 0 aromatic heterocycles. The van der Waals surface area contributed by atoms with Crippen molar-refractivity contribution in [2.24, 2.45) is 5.92 Å². The summed E-state index contributed by atoms with van der Waals surface area (Å²) in [7, 11) is 1.75. The minimum atomic E-state index is 0.0428. The fraction of sp³-hybridized carbons (Fsp3) is 0.700. The molecule has 0 spiro atoms. The van der Waals surface area contributed by atoms with Crippen molar-refractivity contribution in [3.8, 4) is 0 Å². The van der Waals surface area contributed by atoms with E-state index in [0.29, 0.717) is 12.6 Å². The lowest BCUT2D eigenvalue weighted by molar-refractivity contribution is -0.158. The predicted molar refractivity (Wildman–Crippen MR) is 95.3 cm³/mol. The van der Waals surface area contributed by atoms with E-state index in [1.165, 1.54) is 44.1 Å². The van der Waals surface area contributed by atoms with Gasteiger partial charge in [-0.3, -0.25) is 5.32 Å². The molecule has 0 amide bonds. The molecular formula is C20H33NO2. The molecule has 3 nitrogen and oxygen atoms in total. The number of rotatable bonds is 11. The maximum absolute atomic E-state index is 6.12. The topological polar surface area (TPSA) is 30.5 Å². The van der Waals surface area contributed by atoms with Crippen LogP contribution < -0.4 is 5.32 Å². The van der Waals surface area contributed by atoms with Gasteiger partial charge < -0.3 is 9.47 Å². The van der Waals surface area contributed by atoms with Crippen molar-refractivity contribution in [3.05, 3.63) is 35.9 Å². The van der Waals surface area contributed by atoms with Crippen molar-refractivity contribution in [2.75, 3.05) is 7.11 Å². The molecule has 2 unspecified atom stereocenters. The Kier molecular flexibility index (Phi) is 8.07. The lowest BCUT2D eigenvalue weighted by Gasteiger charge is -2.44. The van der Waals surface area contributed by atoms with Gasteiger partial charge in [0.05, 0.1) is 6.61 Å². The maximum Gasteiger partial charge on any atom is 0.136 e. The first-order valence-electron chi connectivity index (χ1n) is 9.19. The molecule has 23 heavy (non-hydrogen) atoms. The number of nitrogens with one attached hydrogen (secondary N) is 1. The lowest BCUT2D eigenvalue weighted by Crippen LogP contribution is -2.67. The fourth-order valence-corrected chi connectivity index (χ4v) is 3.30. The average molecular weight is 319 g/mol. The van der Waals surface area contributed by atoms with Crippen molar-refractivity contribution in [1.29, 1.82) is 0 Å². The molecule has 1 N–H and O–H groups in total. The van der Waals surface area contributed by atoms with E-state index in [1.807, 2.05) is 6.07 Å². The summed E-state index contributed by atoms with van der Waals surface area (Å²) in [6.07, 6.45) is 8.01. The first-order chi connectivity index (χ1) is 11.2. The molecule has 1 aliphatic heterocycles. The third-order valence-electron chi connectivity index (χ3n) is 4.88. The summed E-state index contributed by atoms with van der Waals surface area (Å²) in [5.74, 6) is 0.844. The van der Waals surface area contributed by atoms with Gasteiger partial charge in [-0.1, -0.05) is 76.3 Å². The molecular weight excluding hydrogens is 286 g/mol. The highest BCUT2D eigenvalue weighted by atomic mass is 16.6. The first-order valence-corrected chi connectivity index (χ1v) is 9.19. The molecule has 1 saturated heterocycles. The van der Waals surface area contributed by atoms with E-state index in [9.17, 15) is 0 Å². The van der Waals surface area contributed by atoms with Crippen LogP contribution in [0.5, 0.6) is 0 Å². The highest BCUT2D eigenvalue weighted by molar-refractivity contribution is 5.13. The second-order valence-electron chi connectivity index (χ2n) is 6.87. The summed E-state index contributed by atoms with van der Waals surface area (Å²) < 4.78 is 11.6. The molecule has 1 aliphatic rings. The van der Waals surface area contributed by atoms with Crippen molar-refractivity contribution in [3.63, 3.8) is 0 Å². The summed E-state index contributed by atoms with van der Waals surface area (Å²) in [6, 6.07) is 10.8. The fourth-order valence-electron chi connectivity index (χ4n) is 3.30. The number of benzene rings is 1. The molecule has 0 saturated carbocycles. The lowest BCUT2D eigenvalue weighted by atomic mass is 9.91. The van der Waals surface area contributed by atoms with E-state index in [4.69, 9.17) is 9.47 Å². The van der Waals surface area contributed by atoms with Crippen LogP contribution in [0.25, 0.3) is 0 Å². The van der Waals surface area contributed by atoms with Crippen LogP contribution in [-0.2, 0) is 16.1 Å². The molecule has 130 valence electrons. The number of methoxy groups -OCH3 is 1. The second kappa shape index (κ2) is 10.1. The molecule has 4 atom stereocenters. The second-order valence-corrected chi connectivity index (χ2v) is 6.87. The molecule has 2 rings (SSSR count). The van der Waals surface area contributed by atoms with Gasteiger partial charge in [-0.05, 0) is 17.9 Å². The highest BCUT2D eigenvalue weighted by Crippen LogP contribution is 2.25. The number of ether oxygens (including phenoxy) is 2. The Hall–Kier alpha value is -0.900. The van der Waals surface area contributed by atoms with Gasteiger partial charge in [-0.25, -0.2) is 0 Å². The maximum atomic E-state index is 6.12. The highest BCUT2D eigenvalue weighted by Gasteiger charge is 2.41. The molecule has 1 fully saturated rings. The SMILES string of the molecule is CCCCC(C)CCC[C@@H]1NC(OC)[C@@H]1OCc1ccccc1. The van der Waals surface area contributed by atoms with E-state index >= 15 is 0 Å². The van der Waals surface area contributed by atoms with Gasteiger partial charge in [0.15, 0.2) is 0 Å². The van der Waals surface area contributed by atoms with E-state index in [2.05, 4.69) is 43.4 Å². The smallest absolute Gasteiger partial charge is 0.136 e. The number of hydrogen-bond donors (Lipinski definition) is 1. The van der Waals surface area contributed by atoms with E-state index in [0.717, 1.165) is 5.92 Å². The Morgan fingerprint density at radius 3 is 2.57 bits per heavy atom. The normalized spacial score (nSPS) is 25.1. The van der Waals surface area contributed by atoms with Crippen LogP contribution >= 0.6 is 0 Å². The third kappa shape index (κ3) is 5.91. The monoisotopic (exact) mass is 319 g/mol. The molecule has 0 radical (unpaired) electrons. The standard InChI is InChI=1S/C20H33NO2/c1-4-5-10-16(2)11-9-14-18-19(20(21-18)22-3)23-15-17-12-7-6-8-13-17/h6-8,12-13,16,18-21H,4-5,9-11,14-15H2,1-3H3/t16?,18-,19+,20?/m0/s1. The molecule has 3 heteroatoms. The Labute approximate surface area is 141 Å². The van der Waals surface area contributed by atoms with Crippen molar-refractivity contribution in [1.82, 2.24) is 5.32 Å². The molecule has 1 heterocycles. The van der Waals surface area contributed by atoms with Crippen LogP contribution in [0, 0.1) is 5.92 Å². The molecule has 1 aromatic rings. The Morgan fingerprint density at radius 1 is 1.13 bits per heavy atom. The number of hydrogen-bond acceptors (Lipinski definition) is 3. The third-order valence-corrected chi connectivity index (χ3v) is 4.88. The van der Waals surface area contributed by atoms with Gasteiger partial charge in [-0.15, -0.1) is 0 Å². The van der Waals surface area contributed by atoms with Gasteiger partial charge in [0.2, 0.25) is 0 Å². The average Bonchev–Trinajstić information content (AvgIpc) is 2.56. The van der Waals surface area contributed by atoms with Crippen LogP contribution in [0.4, 0.5) is 0 Å². The zero-order valence-electron chi connectivity index (χ0n) is 15.0. The van der Waals surface area contributed by atoms with Gasteiger partial charge in [-0.2, -0.15) is 0 Å². The van der Waals surface area contributed by atoms with Gasteiger partial charge in [0, 0.05) is 13.2 Å². The zero-order chi connectivity index (χ0) is 16.5. The molecule has 1 aromatic carbocycles. The minimum Gasteiger partial charge on any atom is -0.368 e. The van der Waals surface area contributed by atoms with Gasteiger partial charge in [0.25, 0.3) is 0 Å². The van der Waals surface area contributed by atoms with Crippen LogP contribution in [0.1, 0.15) is 57.9 Å². The van der Waals surface area contributed by atoms with Crippen LogP contribution in [0.2, 0.25) is 0 Å². The predicted octanol–water partition coefficient (Wildman–Crippen LogP) is 4.51. The van der Waals surface area contributed by atoms with Crippen LogP contribution in [0.15, 0.2) is 30.3 Å². The van der Waals surface area contributed by atoms with Crippen LogP contribution in [0.3, 0.4) is 0 Å². The quantitative estimate of drug-likeness (QED) is 0.651. The summed E-state index contributed by atoms with van der Waals surface area (Å²) in [5.41, 5.74) is 1.22. The van der Waals surface area contributed by atoms with Gasteiger partial charge >= 0.3 is 0 Å². The van der Waals surface area contributed by atoms with Gasteiger partial charge in [0.1, 0.15) is 12.3 Å². The summed E-state index contributed by atoms with van der Waals surface area (Å²) in [4.78, 5) is 0. The zero-order valence-corrected chi connectivity index (χ0v) is 15.0. The summed E-state index contributed by atoms with van der Waals surface area (Å²) in [6.45, 7) is 5.31. The van der Waals surface area contributed by atoms with Crippen molar-refractivity contribution >= 4 is 0 Å². The summed E-state index contributed by atoms with van der Waals surface area (Å²) in [5, 5.41) is 3.49. The Bertz CT molecular complexity index is 423. The summed E-state index contributed by atoms with van der Waals surface area (Å²) >= 11 is 0. The van der Waals surface area contributed by atoms with E-state index < -0.39 is 0 Å².